The van der Waals surface area contributed by atoms with Gasteiger partial charge >= 0.3 is 0 Å². The number of para-hydroxylation sites is 1. The van der Waals surface area contributed by atoms with E-state index in [-0.39, 0.29) is 23.9 Å². The molecule has 2 bridgehead atoms. The Morgan fingerprint density at radius 2 is 2.06 bits per heavy atom. The minimum absolute atomic E-state index is 0.0422. The van der Waals surface area contributed by atoms with Crippen molar-refractivity contribution in [3.05, 3.63) is 30.1 Å². The molecule has 1 saturated heterocycles. The van der Waals surface area contributed by atoms with Crippen LogP contribution in [0.3, 0.4) is 0 Å². The van der Waals surface area contributed by atoms with Crippen LogP contribution in [0, 0.1) is 5.92 Å². The van der Waals surface area contributed by atoms with Gasteiger partial charge in [0.05, 0.1) is 12.1 Å². The Labute approximate surface area is 189 Å². The maximum Gasteiger partial charge on any atom is 0.242 e. The third-order valence-electron chi connectivity index (χ3n) is 6.26. The summed E-state index contributed by atoms with van der Waals surface area (Å²) in [5, 5.41) is 7.63. The summed E-state index contributed by atoms with van der Waals surface area (Å²) in [4.78, 5) is 27.8. The molecule has 1 aromatic heterocycles. The lowest BCUT2D eigenvalue weighted by Gasteiger charge is -2.41. The molecule has 1 amide bonds. The number of hydrogen-bond donors (Lipinski definition) is 2. The van der Waals surface area contributed by atoms with Gasteiger partial charge in [-0.15, -0.1) is 0 Å². The minimum Gasteiger partial charge on any atom is -0.358 e. The van der Waals surface area contributed by atoms with Gasteiger partial charge in [0, 0.05) is 37.6 Å². The van der Waals surface area contributed by atoms with Crippen LogP contribution in [0.1, 0.15) is 26.1 Å². The number of thioether (sulfide) groups is 1. The Kier molecular flexibility index (Phi) is 7.30. The first-order chi connectivity index (χ1) is 15.0. The molecule has 4 rings (SSSR count). The van der Waals surface area contributed by atoms with E-state index in [1.54, 1.807) is 0 Å². The number of carbonyl (C=O) groups excluding carboxylic acids is 1. The summed E-state index contributed by atoms with van der Waals surface area (Å²) >= 11 is 1.90. The largest absolute Gasteiger partial charge is 0.358 e. The van der Waals surface area contributed by atoms with E-state index in [4.69, 9.17) is 9.97 Å². The Balaban J connectivity index is 1.64. The highest BCUT2D eigenvalue weighted by molar-refractivity contribution is 7.98. The van der Waals surface area contributed by atoms with Gasteiger partial charge < -0.3 is 15.5 Å². The molecular formula is C23H34N6OS. The molecule has 2 N–H and O–H groups in total. The number of rotatable bonds is 5. The van der Waals surface area contributed by atoms with Gasteiger partial charge in [-0.2, -0.15) is 11.8 Å². The van der Waals surface area contributed by atoms with Crippen molar-refractivity contribution in [1.82, 2.24) is 25.1 Å². The van der Waals surface area contributed by atoms with Crippen LogP contribution in [-0.2, 0) is 11.3 Å². The maximum absolute atomic E-state index is 13.1. The Morgan fingerprint density at radius 3 is 2.87 bits per heavy atom. The molecule has 0 spiro atoms. The van der Waals surface area contributed by atoms with E-state index in [1.165, 1.54) is 12.2 Å². The smallest absolute Gasteiger partial charge is 0.242 e. The predicted octanol–water partition coefficient (Wildman–Crippen LogP) is 2.44. The molecular weight excluding hydrogens is 408 g/mol. The summed E-state index contributed by atoms with van der Waals surface area (Å²) in [5.41, 5.74) is 0.921. The van der Waals surface area contributed by atoms with Crippen molar-refractivity contribution in [2.45, 2.75) is 38.9 Å². The van der Waals surface area contributed by atoms with Gasteiger partial charge in [0.25, 0.3) is 0 Å². The minimum atomic E-state index is -0.334. The summed E-state index contributed by atoms with van der Waals surface area (Å²) in [6.07, 6.45) is 3.37. The van der Waals surface area contributed by atoms with Crippen LogP contribution >= 0.6 is 11.8 Å². The Morgan fingerprint density at radius 1 is 1.23 bits per heavy atom. The second-order valence-corrected chi connectivity index (χ2v) is 9.87. The fourth-order valence-electron chi connectivity index (χ4n) is 4.49. The van der Waals surface area contributed by atoms with E-state index < -0.39 is 0 Å². The number of amides is 1. The second kappa shape index (κ2) is 10.1. The first kappa shape index (κ1) is 22.3. The van der Waals surface area contributed by atoms with Gasteiger partial charge in [0.1, 0.15) is 17.7 Å². The van der Waals surface area contributed by atoms with Gasteiger partial charge in [-0.1, -0.05) is 26.0 Å². The molecule has 0 aliphatic carbocycles. The van der Waals surface area contributed by atoms with Crippen LogP contribution in [0.5, 0.6) is 0 Å². The molecule has 0 saturated carbocycles. The third-order valence-corrected chi connectivity index (χ3v) is 6.96. The lowest BCUT2D eigenvalue weighted by atomic mass is 10.0. The number of piperazine rings is 1. The van der Waals surface area contributed by atoms with E-state index in [0.717, 1.165) is 48.7 Å². The van der Waals surface area contributed by atoms with E-state index in [2.05, 4.69) is 40.5 Å². The summed E-state index contributed by atoms with van der Waals surface area (Å²) in [5.74, 6) is 2.95. The zero-order chi connectivity index (χ0) is 21.8. The highest BCUT2D eigenvalue weighted by Gasteiger charge is 2.31. The van der Waals surface area contributed by atoms with Crippen LogP contribution in [0.2, 0.25) is 0 Å². The SMILES string of the molecule is CSCCCN1CCN2Cc3nc(c4ccccc4n3)N[C@@H](C(C)C)C(=O)NCC2C1. The topological polar surface area (TPSA) is 73.4 Å². The standard InChI is InChI=1S/C23H34N6OS/c1-16(2)21-23(30)24-13-17-14-28(9-6-12-31-3)10-11-29(17)15-20-25-19-8-5-4-7-18(19)22(26-20)27-21/h4-5,7-8,16-17,21H,6,9-15H2,1-3H3,(H,24,30)(H,25,26,27)/t17?,21-/m0/s1. The summed E-state index contributed by atoms with van der Waals surface area (Å²) in [6.45, 7) is 9.59. The van der Waals surface area contributed by atoms with Crippen molar-refractivity contribution < 1.29 is 4.79 Å². The zero-order valence-corrected chi connectivity index (χ0v) is 19.6. The first-order valence-electron chi connectivity index (χ1n) is 11.3. The van der Waals surface area contributed by atoms with Crippen molar-refractivity contribution in [2.24, 2.45) is 5.92 Å². The number of hydrogen-bond acceptors (Lipinski definition) is 7. The fraction of sp³-hybridized carbons (Fsp3) is 0.609. The van der Waals surface area contributed by atoms with Crippen molar-refractivity contribution >= 4 is 34.4 Å². The molecule has 31 heavy (non-hydrogen) atoms. The van der Waals surface area contributed by atoms with Crippen molar-refractivity contribution in [3.8, 4) is 0 Å². The molecule has 2 aliphatic rings. The number of carbonyl (C=O) groups is 1. The van der Waals surface area contributed by atoms with E-state index >= 15 is 0 Å². The van der Waals surface area contributed by atoms with Crippen LogP contribution in [0.4, 0.5) is 5.82 Å². The number of aromatic nitrogens is 2. The summed E-state index contributed by atoms with van der Waals surface area (Å²) in [7, 11) is 0. The molecule has 2 aromatic rings. The molecule has 3 heterocycles. The average Bonchev–Trinajstić information content (AvgIpc) is 2.78. The monoisotopic (exact) mass is 442 g/mol. The number of fused-ring (bicyclic) bond motifs is 5. The van der Waals surface area contributed by atoms with Crippen LogP contribution < -0.4 is 10.6 Å². The number of anilines is 1. The van der Waals surface area contributed by atoms with Gasteiger partial charge in [0.2, 0.25) is 5.91 Å². The van der Waals surface area contributed by atoms with Gasteiger partial charge in [-0.25, -0.2) is 9.97 Å². The molecule has 2 atom stereocenters. The van der Waals surface area contributed by atoms with Crippen molar-refractivity contribution in [3.63, 3.8) is 0 Å². The van der Waals surface area contributed by atoms with Gasteiger partial charge in [-0.3, -0.25) is 9.69 Å². The molecule has 7 nitrogen and oxygen atoms in total. The number of nitrogens with zero attached hydrogens (tertiary/aromatic N) is 4. The normalized spacial score (nSPS) is 23.2. The fourth-order valence-corrected chi connectivity index (χ4v) is 4.91. The number of nitrogens with one attached hydrogen (secondary N) is 2. The third kappa shape index (κ3) is 5.30. The molecule has 1 aromatic carbocycles. The number of benzene rings is 1. The zero-order valence-electron chi connectivity index (χ0n) is 18.8. The molecule has 8 heteroatoms. The lowest BCUT2D eigenvalue weighted by molar-refractivity contribution is -0.123. The van der Waals surface area contributed by atoms with E-state index in [1.807, 2.05) is 36.0 Å². The predicted molar refractivity (Wildman–Crippen MR) is 128 cm³/mol. The molecule has 1 fully saturated rings. The van der Waals surface area contributed by atoms with Crippen LogP contribution in [0.25, 0.3) is 10.9 Å². The maximum atomic E-state index is 13.1. The highest BCUT2D eigenvalue weighted by atomic mass is 32.2. The van der Waals surface area contributed by atoms with E-state index in [9.17, 15) is 4.79 Å². The molecule has 168 valence electrons. The van der Waals surface area contributed by atoms with Crippen molar-refractivity contribution in [1.29, 1.82) is 0 Å². The first-order valence-corrected chi connectivity index (χ1v) is 12.7. The Hall–Kier alpha value is -1.90. The summed E-state index contributed by atoms with van der Waals surface area (Å²) in [6, 6.07) is 7.97. The van der Waals surface area contributed by atoms with Crippen molar-refractivity contribution in [2.75, 3.05) is 50.0 Å². The average molecular weight is 443 g/mol. The highest BCUT2D eigenvalue weighted by Crippen LogP contribution is 2.24. The lowest BCUT2D eigenvalue weighted by Crippen LogP contribution is -2.57. The van der Waals surface area contributed by atoms with Crippen LogP contribution in [-0.4, -0.2) is 82.5 Å². The second-order valence-electron chi connectivity index (χ2n) is 8.89. The summed E-state index contributed by atoms with van der Waals surface area (Å²) < 4.78 is 0. The molecule has 1 unspecified atom stereocenters. The van der Waals surface area contributed by atoms with Gasteiger partial charge in [-0.05, 0) is 43.0 Å². The van der Waals surface area contributed by atoms with E-state index in [0.29, 0.717) is 13.1 Å². The molecule has 2 aliphatic heterocycles. The van der Waals surface area contributed by atoms with Crippen LogP contribution in [0.15, 0.2) is 24.3 Å². The quantitative estimate of drug-likeness (QED) is 0.689. The van der Waals surface area contributed by atoms with Gasteiger partial charge in [0.15, 0.2) is 0 Å². The Bertz CT molecular complexity index is 907. The molecule has 0 radical (unpaired) electrons.